The summed E-state index contributed by atoms with van der Waals surface area (Å²) in [5.41, 5.74) is 0.380. The third-order valence-corrected chi connectivity index (χ3v) is 2.88. The Labute approximate surface area is 92.9 Å². The smallest absolute Gasteiger partial charge is 0.258 e. The molecule has 13 heavy (non-hydrogen) atoms. The second-order valence-corrected chi connectivity index (χ2v) is 3.61. The molecule has 1 aromatic carbocycles. The van der Waals surface area contributed by atoms with E-state index in [2.05, 4.69) is 15.9 Å². The van der Waals surface area contributed by atoms with Crippen molar-refractivity contribution in [2.75, 3.05) is 0 Å². The molecule has 0 aliphatic heterocycles. The average molecular weight is 285 g/mol. The van der Waals surface area contributed by atoms with Gasteiger partial charge in [-0.2, -0.15) is 0 Å². The number of nitro groups is 1. The monoisotopic (exact) mass is 283 g/mol. The van der Waals surface area contributed by atoms with E-state index in [-0.39, 0.29) is 15.7 Å². The minimum Gasteiger partial charge on any atom is -0.258 e. The fourth-order valence-corrected chi connectivity index (χ4v) is 1.74. The van der Waals surface area contributed by atoms with Crippen LogP contribution in [0.15, 0.2) is 12.1 Å². The van der Waals surface area contributed by atoms with Gasteiger partial charge in [-0.25, -0.2) is 0 Å². The number of nitro benzene ring substituents is 1. The van der Waals surface area contributed by atoms with E-state index in [1.165, 1.54) is 6.07 Å². The summed E-state index contributed by atoms with van der Waals surface area (Å²) >= 11 is 14.4. The quantitative estimate of drug-likeness (QED) is 0.471. The number of alkyl halides is 1. The van der Waals surface area contributed by atoms with Crippen molar-refractivity contribution in [1.29, 1.82) is 0 Å². The Kier molecular flexibility index (Phi) is 3.53. The molecular weight excluding hydrogens is 281 g/mol. The molecule has 1 aromatic rings. The lowest BCUT2D eigenvalue weighted by Gasteiger charge is -2.01. The Hall–Kier alpha value is -0.320. The van der Waals surface area contributed by atoms with Crippen molar-refractivity contribution in [3.8, 4) is 0 Å². The second-order valence-electron chi connectivity index (χ2n) is 2.26. The Morgan fingerprint density at radius 1 is 1.46 bits per heavy atom. The van der Waals surface area contributed by atoms with Crippen LogP contribution in [0.2, 0.25) is 10.0 Å². The largest absolute Gasteiger partial charge is 0.293 e. The number of hydrogen-bond donors (Lipinski definition) is 0. The van der Waals surface area contributed by atoms with Gasteiger partial charge >= 0.3 is 0 Å². The highest BCUT2D eigenvalue weighted by Gasteiger charge is 2.20. The van der Waals surface area contributed by atoms with Gasteiger partial charge in [-0.1, -0.05) is 39.1 Å². The first-order valence-corrected chi connectivity index (χ1v) is 5.13. The molecule has 0 amide bonds. The summed E-state index contributed by atoms with van der Waals surface area (Å²) in [5, 5.41) is 11.2. The third kappa shape index (κ3) is 2.13. The van der Waals surface area contributed by atoms with E-state index in [9.17, 15) is 10.1 Å². The van der Waals surface area contributed by atoms with E-state index in [0.717, 1.165) is 0 Å². The third-order valence-electron chi connectivity index (χ3n) is 1.48. The molecule has 0 unspecified atom stereocenters. The van der Waals surface area contributed by atoms with Gasteiger partial charge in [0.25, 0.3) is 5.69 Å². The molecule has 70 valence electrons. The molecule has 0 N–H and O–H groups in total. The summed E-state index contributed by atoms with van der Waals surface area (Å²) in [4.78, 5) is 10.1. The molecule has 1 rings (SSSR count). The van der Waals surface area contributed by atoms with Crippen LogP contribution in [0.4, 0.5) is 5.69 Å². The van der Waals surface area contributed by atoms with Crippen LogP contribution in [-0.4, -0.2) is 4.92 Å². The number of halogens is 3. The molecule has 0 bridgehead atoms. The Morgan fingerprint density at radius 2 is 2.08 bits per heavy atom. The highest BCUT2D eigenvalue weighted by molar-refractivity contribution is 9.08. The van der Waals surface area contributed by atoms with Crippen LogP contribution in [0, 0.1) is 10.1 Å². The Bertz CT molecular complexity index is 357. The van der Waals surface area contributed by atoms with Crippen LogP contribution >= 0.6 is 39.1 Å². The first-order valence-electron chi connectivity index (χ1n) is 3.25. The van der Waals surface area contributed by atoms with Crippen molar-refractivity contribution in [3.05, 3.63) is 37.9 Å². The van der Waals surface area contributed by atoms with Gasteiger partial charge in [-0.3, -0.25) is 10.1 Å². The van der Waals surface area contributed by atoms with Gasteiger partial charge in [0.2, 0.25) is 0 Å². The zero-order valence-electron chi connectivity index (χ0n) is 6.26. The number of hydrogen-bond acceptors (Lipinski definition) is 2. The van der Waals surface area contributed by atoms with Crippen LogP contribution in [0.1, 0.15) is 5.56 Å². The van der Waals surface area contributed by atoms with E-state index < -0.39 is 4.92 Å². The molecule has 0 fully saturated rings. The van der Waals surface area contributed by atoms with Gasteiger partial charge in [-0.15, -0.1) is 0 Å². The summed E-state index contributed by atoms with van der Waals surface area (Å²) in [5.74, 6) is 0. The molecule has 0 saturated carbocycles. The van der Waals surface area contributed by atoms with Crippen LogP contribution in [0.3, 0.4) is 0 Å². The van der Waals surface area contributed by atoms with Crippen molar-refractivity contribution in [2.45, 2.75) is 5.33 Å². The van der Waals surface area contributed by atoms with Gasteiger partial charge in [0.1, 0.15) is 5.02 Å². The maximum absolute atomic E-state index is 10.6. The fourth-order valence-electron chi connectivity index (χ4n) is 0.885. The lowest BCUT2D eigenvalue weighted by Crippen LogP contribution is -1.94. The van der Waals surface area contributed by atoms with Crippen molar-refractivity contribution >= 4 is 44.8 Å². The maximum atomic E-state index is 10.6. The standard InChI is InChI=1S/C7H4BrCl2NO2/c8-3-4-1-2-5(9)6(10)7(4)11(12)13/h1-2H,3H2. The van der Waals surface area contributed by atoms with E-state index in [0.29, 0.717) is 10.9 Å². The van der Waals surface area contributed by atoms with E-state index in [1.807, 2.05) is 0 Å². The molecule has 0 spiro atoms. The zero-order chi connectivity index (χ0) is 10.0. The zero-order valence-corrected chi connectivity index (χ0v) is 9.36. The molecule has 0 aliphatic carbocycles. The van der Waals surface area contributed by atoms with Crippen molar-refractivity contribution < 1.29 is 4.92 Å². The van der Waals surface area contributed by atoms with Crippen molar-refractivity contribution in [1.82, 2.24) is 0 Å². The fraction of sp³-hybridized carbons (Fsp3) is 0.143. The van der Waals surface area contributed by atoms with Crippen LogP contribution in [0.5, 0.6) is 0 Å². The van der Waals surface area contributed by atoms with Gasteiger partial charge in [-0.05, 0) is 12.1 Å². The van der Waals surface area contributed by atoms with Crippen molar-refractivity contribution in [2.24, 2.45) is 0 Å². The minimum atomic E-state index is -0.537. The molecular formula is C7H4BrCl2NO2. The predicted octanol–water partition coefficient (Wildman–Crippen LogP) is 3.80. The molecule has 3 nitrogen and oxygen atoms in total. The first kappa shape index (κ1) is 10.8. The average Bonchev–Trinajstić information content (AvgIpc) is 2.08. The minimum absolute atomic E-state index is 0.0105. The molecule has 0 aromatic heterocycles. The summed E-state index contributed by atoms with van der Waals surface area (Å²) in [6.07, 6.45) is 0. The van der Waals surface area contributed by atoms with E-state index in [4.69, 9.17) is 23.2 Å². The highest BCUT2D eigenvalue weighted by Crippen LogP contribution is 2.35. The summed E-state index contributed by atoms with van der Waals surface area (Å²) in [7, 11) is 0. The molecule has 0 heterocycles. The second kappa shape index (κ2) is 4.26. The molecule has 0 aliphatic rings. The van der Waals surface area contributed by atoms with E-state index in [1.54, 1.807) is 6.07 Å². The van der Waals surface area contributed by atoms with Gasteiger partial charge in [0.15, 0.2) is 0 Å². The normalized spacial score (nSPS) is 10.1. The summed E-state index contributed by atoms with van der Waals surface area (Å²) in [6, 6.07) is 3.11. The molecule has 0 radical (unpaired) electrons. The number of rotatable bonds is 2. The van der Waals surface area contributed by atoms with Crippen LogP contribution in [0.25, 0.3) is 0 Å². The van der Waals surface area contributed by atoms with Crippen LogP contribution in [-0.2, 0) is 5.33 Å². The predicted molar refractivity (Wildman–Crippen MR) is 55.7 cm³/mol. The highest BCUT2D eigenvalue weighted by atomic mass is 79.9. The lowest BCUT2D eigenvalue weighted by atomic mass is 10.2. The molecule has 6 heteroatoms. The summed E-state index contributed by atoms with van der Waals surface area (Å²) < 4.78 is 0. The summed E-state index contributed by atoms with van der Waals surface area (Å²) in [6.45, 7) is 0. The SMILES string of the molecule is O=[N+]([O-])c1c(CBr)ccc(Cl)c1Cl. The molecule has 0 atom stereocenters. The van der Waals surface area contributed by atoms with Gasteiger partial charge < -0.3 is 0 Å². The topological polar surface area (TPSA) is 43.1 Å². The van der Waals surface area contributed by atoms with E-state index >= 15 is 0 Å². The number of nitrogens with zero attached hydrogens (tertiary/aromatic N) is 1. The first-order chi connectivity index (χ1) is 6.07. The van der Waals surface area contributed by atoms with Gasteiger partial charge in [0, 0.05) is 10.9 Å². The van der Waals surface area contributed by atoms with Gasteiger partial charge in [0.05, 0.1) is 9.95 Å². The maximum Gasteiger partial charge on any atom is 0.293 e. The Balaban J connectivity index is 3.41. The van der Waals surface area contributed by atoms with Crippen molar-refractivity contribution in [3.63, 3.8) is 0 Å². The lowest BCUT2D eigenvalue weighted by molar-refractivity contribution is -0.385. The van der Waals surface area contributed by atoms with Crippen LogP contribution < -0.4 is 0 Å². The number of benzene rings is 1. The molecule has 0 saturated heterocycles. The Morgan fingerprint density at radius 3 is 2.54 bits per heavy atom.